The van der Waals surface area contributed by atoms with Crippen molar-refractivity contribution in [2.75, 3.05) is 6.54 Å². The van der Waals surface area contributed by atoms with Gasteiger partial charge in [-0.2, -0.15) is 5.26 Å². The third-order valence-electron chi connectivity index (χ3n) is 3.11. The molecule has 4 heteroatoms. The number of rotatable bonds is 6. The molecule has 0 bridgehead atoms. The lowest BCUT2D eigenvalue weighted by Crippen LogP contribution is -2.12. The summed E-state index contributed by atoms with van der Waals surface area (Å²) in [6.45, 7) is 4.19. The van der Waals surface area contributed by atoms with Crippen molar-refractivity contribution in [2.24, 2.45) is 0 Å². The Morgan fingerprint density at radius 2 is 2.00 bits per heavy atom. The first-order chi connectivity index (χ1) is 10.2. The number of hydrogen-bond acceptors (Lipinski definition) is 3. The molecular weight excluding hydrogens is 328 g/mol. The lowest BCUT2D eigenvalue weighted by molar-refractivity contribution is 0.305. The van der Waals surface area contributed by atoms with Crippen LogP contribution in [-0.4, -0.2) is 6.54 Å². The van der Waals surface area contributed by atoms with Crippen molar-refractivity contribution >= 4 is 15.9 Å². The van der Waals surface area contributed by atoms with Crippen LogP contribution in [0.25, 0.3) is 0 Å². The normalized spacial score (nSPS) is 10.1. The third kappa shape index (κ3) is 4.32. The van der Waals surface area contributed by atoms with Crippen molar-refractivity contribution in [3.8, 4) is 11.8 Å². The van der Waals surface area contributed by atoms with Crippen molar-refractivity contribution in [3.05, 3.63) is 63.6 Å². The van der Waals surface area contributed by atoms with Gasteiger partial charge in [-0.1, -0.05) is 41.1 Å². The van der Waals surface area contributed by atoms with Crippen molar-refractivity contribution in [1.82, 2.24) is 5.32 Å². The molecule has 0 aliphatic heterocycles. The summed E-state index contributed by atoms with van der Waals surface area (Å²) in [5.74, 6) is 0.804. The average molecular weight is 345 g/mol. The predicted octanol–water partition coefficient (Wildman–Crippen LogP) is 4.01. The lowest BCUT2D eigenvalue weighted by atomic mass is 10.1. The van der Waals surface area contributed by atoms with Gasteiger partial charge in [0.15, 0.2) is 0 Å². The highest BCUT2D eigenvalue weighted by atomic mass is 79.9. The van der Waals surface area contributed by atoms with Gasteiger partial charge in [0.05, 0.1) is 11.6 Å². The molecular formula is C17H17BrN2O. The van der Waals surface area contributed by atoms with Gasteiger partial charge in [0.25, 0.3) is 0 Å². The molecule has 0 atom stereocenters. The number of nitrogens with zero attached hydrogens (tertiary/aromatic N) is 1. The van der Waals surface area contributed by atoms with E-state index < -0.39 is 0 Å². The van der Waals surface area contributed by atoms with E-state index >= 15 is 0 Å². The molecule has 0 saturated carbocycles. The Kier molecular flexibility index (Phi) is 5.79. The average Bonchev–Trinajstić information content (AvgIpc) is 2.53. The minimum absolute atomic E-state index is 0.395. The summed E-state index contributed by atoms with van der Waals surface area (Å²) >= 11 is 3.54. The summed E-state index contributed by atoms with van der Waals surface area (Å²) < 4.78 is 6.87. The van der Waals surface area contributed by atoms with Crippen molar-refractivity contribution < 1.29 is 4.74 Å². The summed E-state index contributed by atoms with van der Waals surface area (Å²) in [4.78, 5) is 0. The SMILES string of the molecule is CCNCc1cc(OCc2ccccc2C#N)ccc1Br. The van der Waals surface area contributed by atoms with Crippen molar-refractivity contribution in [2.45, 2.75) is 20.1 Å². The van der Waals surface area contributed by atoms with Gasteiger partial charge in [0.2, 0.25) is 0 Å². The van der Waals surface area contributed by atoms with Gasteiger partial charge in [-0.05, 0) is 36.4 Å². The summed E-state index contributed by atoms with van der Waals surface area (Å²) in [6.07, 6.45) is 0. The Balaban J connectivity index is 2.08. The van der Waals surface area contributed by atoms with E-state index in [1.54, 1.807) is 6.07 Å². The molecule has 0 heterocycles. The molecule has 2 aromatic carbocycles. The largest absolute Gasteiger partial charge is 0.489 e. The molecule has 0 fully saturated rings. The molecule has 0 radical (unpaired) electrons. The second-order valence-corrected chi connectivity index (χ2v) is 5.45. The van der Waals surface area contributed by atoms with Crippen LogP contribution in [0.3, 0.4) is 0 Å². The van der Waals surface area contributed by atoms with Crippen LogP contribution in [0.4, 0.5) is 0 Å². The minimum Gasteiger partial charge on any atom is -0.489 e. The van der Waals surface area contributed by atoms with E-state index in [1.165, 1.54) is 0 Å². The zero-order valence-electron chi connectivity index (χ0n) is 11.9. The van der Waals surface area contributed by atoms with Crippen LogP contribution in [0.1, 0.15) is 23.6 Å². The summed E-state index contributed by atoms with van der Waals surface area (Å²) in [7, 11) is 0. The molecule has 21 heavy (non-hydrogen) atoms. The fraction of sp³-hybridized carbons (Fsp3) is 0.235. The summed E-state index contributed by atoms with van der Waals surface area (Å²) in [5, 5.41) is 12.4. The molecule has 2 aromatic rings. The first-order valence-electron chi connectivity index (χ1n) is 6.84. The Morgan fingerprint density at radius 1 is 1.19 bits per heavy atom. The van der Waals surface area contributed by atoms with Crippen LogP contribution in [0.2, 0.25) is 0 Å². The van der Waals surface area contributed by atoms with Gasteiger partial charge in [-0.3, -0.25) is 0 Å². The topological polar surface area (TPSA) is 45.0 Å². The smallest absolute Gasteiger partial charge is 0.120 e. The highest BCUT2D eigenvalue weighted by molar-refractivity contribution is 9.10. The molecule has 0 aliphatic rings. The molecule has 0 saturated heterocycles. The predicted molar refractivity (Wildman–Crippen MR) is 87.0 cm³/mol. The maximum atomic E-state index is 9.07. The maximum absolute atomic E-state index is 9.07. The van der Waals surface area contributed by atoms with Gasteiger partial charge in [-0.15, -0.1) is 0 Å². The third-order valence-corrected chi connectivity index (χ3v) is 3.89. The van der Waals surface area contributed by atoms with Crippen molar-refractivity contribution in [1.29, 1.82) is 5.26 Å². The summed E-state index contributed by atoms with van der Waals surface area (Å²) in [5.41, 5.74) is 2.71. The molecule has 2 rings (SSSR count). The molecule has 0 unspecified atom stereocenters. The van der Waals surface area contributed by atoms with Crippen LogP contribution in [0.5, 0.6) is 5.75 Å². The van der Waals surface area contributed by atoms with E-state index in [0.717, 1.165) is 34.4 Å². The van der Waals surface area contributed by atoms with Gasteiger partial charge in [0.1, 0.15) is 12.4 Å². The molecule has 0 spiro atoms. The number of benzene rings is 2. The fourth-order valence-electron chi connectivity index (χ4n) is 1.95. The molecule has 0 amide bonds. The van der Waals surface area contributed by atoms with Crippen LogP contribution in [-0.2, 0) is 13.2 Å². The standard InChI is InChI=1S/C17H17BrN2O/c1-2-20-11-15-9-16(7-8-17(15)18)21-12-14-6-4-3-5-13(14)10-19/h3-9,20H,2,11-12H2,1H3. The molecule has 0 aromatic heterocycles. The van der Waals surface area contributed by atoms with Crippen molar-refractivity contribution in [3.63, 3.8) is 0 Å². The molecule has 1 N–H and O–H groups in total. The van der Waals surface area contributed by atoms with Crippen LogP contribution < -0.4 is 10.1 Å². The Morgan fingerprint density at radius 3 is 2.76 bits per heavy atom. The van der Waals surface area contributed by atoms with Gasteiger partial charge in [-0.25, -0.2) is 0 Å². The van der Waals surface area contributed by atoms with E-state index in [-0.39, 0.29) is 0 Å². The number of halogens is 1. The van der Waals surface area contributed by atoms with Crippen LogP contribution >= 0.6 is 15.9 Å². The Bertz CT molecular complexity index is 649. The van der Waals surface area contributed by atoms with Crippen LogP contribution in [0.15, 0.2) is 46.9 Å². The van der Waals surface area contributed by atoms with E-state index in [2.05, 4.69) is 34.2 Å². The van der Waals surface area contributed by atoms with E-state index in [4.69, 9.17) is 10.00 Å². The highest BCUT2D eigenvalue weighted by Gasteiger charge is 2.05. The van der Waals surface area contributed by atoms with Crippen LogP contribution in [0, 0.1) is 11.3 Å². The van der Waals surface area contributed by atoms with Gasteiger partial charge < -0.3 is 10.1 Å². The van der Waals surface area contributed by atoms with E-state index in [0.29, 0.717) is 12.2 Å². The van der Waals surface area contributed by atoms with E-state index in [1.807, 2.05) is 36.4 Å². The first kappa shape index (κ1) is 15.6. The van der Waals surface area contributed by atoms with Gasteiger partial charge >= 0.3 is 0 Å². The van der Waals surface area contributed by atoms with E-state index in [9.17, 15) is 0 Å². The Labute approximate surface area is 133 Å². The second-order valence-electron chi connectivity index (χ2n) is 4.59. The maximum Gasteiger partial charge on any atom is 0.120 e. The number of nitrogens with one attached hydrogen (secondary N) is 1. The minimum atomic E-state index is 0.395. The number of ether oxygens (including phenoxy) is 1. The number of hydrogen-bond donors (Lipinski definition) is 1. The molecule has 0 aliphatic carbocycles. The zero-order chi connectivity index (χ0) is 15.1. The van der Waals surface area contributed by atoms with Gasteiger partial charge in [0, 0.05) is 16.6 Å². The molecule has 108 valence electrons. The fourth-order valence-corrected chi connectivity index (χ4v) is 2.34. The first-order valence-corrected chi connectivity index (χ1v) is 7.64. The zero-order valence-corrected chi connectivity index (χ0v) is 13.5. The monoisotopic (exact) mass is 344 g/mol. The Hall–Kier alpha value is -1.83. The number of nitriles is 1. The summed E-state index contributed by atoms with van der Waals surface area (Å²) in [6, 6.07) is 15.6. The lowest BCUT2D eigenvalue weighted by Gasteiger charge is -2.11. The second kappa shape index (κ2) is 7.82. The highest BCUT2D eigenvalue weighted by Crippen LogP contribution is 2.23. The quantitative estimate of drug-likeness (QED) is 0.860. The molecule has 3 nitrogen and oxygen atoms in total.